The maximum Gasteiger partial charge on any atom is 0.224 e. The Kier molecular flexibility index (Phi) is 4.42. The summed E-state index contributed by atoms with van der Waals surface area (Å²) in [6.07, 6.45) is 3.48. The summed E-state index contributed by atoms with van der Waals surface area (Å²) in [5.41, 5.74) is 2.03. The number of anilines is 1. The van der Waals surface area contributed by atoms with Crippen LogP contribution in [0, 0.1) is 0 Å². The zero-order chi connectivity index (χ0) is 12.1. The summed E-state index contributed by atoms with van der Waals surface area (Å²) in [4.78, 5) is 11.3. The Morgan fingerprint density at radius 3 is 3.00 bits per heavy atom. The van der Waals surface area contributed by atoms with Gasteiger partial charge in [-0.3, -0.25) is 4.79 Å². The van der Waals surface area contributed by atoms with Gasteiger partial charge in [0, 0.05) is 23.0 Å². The van der Waals surface area contributed by atoms with Gasteiger partial charge in [-0.1, -0.05) is 22.0 Å². The summed E-state index contributed by atoms with van der Waals surface area (Å²) in [7, 11) is 0. The molecule has 0 aromatic heterocycles. The minimum absolute atomic E-state index is 0.0916. The van der Waals surface area contributed by atoms with Gasteiger partial charge in [0.25, 0.3) is 0 Å². The molecule has 92 valence electrons. The second-order valence-corrected chi connectivity index (χ2v) is 4.87. The summed E-state index contributed by atoms with van der Waals surface area (Å²) in [6, 6.07) is 5.83. The highest BCUT2D eigenvalue weighted by Crippen LogP contribution is 2.31. The van der Waals surface area contributed by atoms with Crippen LogP contribution >= 0.6 is 15.9 Å². The molecule has 0 bridgehead atoms. The molecule has 1 amide bonds. The van der Waals surface area contributed by atoms with Crippen LogP contribution in [0.1, 0.15) is 24.8 Å². The highest BCUT2D eigenvalue weighted by atomic mass is 79.9. The van der Waals surface area contributed by atoms with E-state index in [0.717, 1.165) is 48.2 Å². The number of rotatable bonds is 5. The first-order chi connectivity index (χ1) is 8.31. The summed E-state index contributed by atoms with van der Waals surface area (Å²) in [5, 5.41) is 3.89. The Morgan fingerprint density at radius 1 is 1.29 bits per heavy atom. The molecule has 0 saturated carbocycles. The maximum absolute atomic E-state index is 11.3. The van der Waals surface area contributed by atoms with Crippen molar-refractivity contribution in [3.8, 4) is 5.75 Å². The number of alkyl halides is 1. The lowest BCUT2D eigenvalue weighted by atomic mass is 10.0. The lowest BCUT2D eigenvalue weighted by molar-refractivity contribution is -0.116. The molecule has 3 nitrogen and oxygen atoms in total. The molecule has 1 aliphatic rings. The first-order valence-electron chi connectivity index (χ1n) is 5.92. The van der Waals surface area contributed by atoms with Gasteiger partial charge in [0.2, 0.25) is 5.91 Å². The van der Waals surface area contributed by atoms with Gasteiger partial charge in [0.05, 0.1) is 6.61 Å². The van der Waals surface area contributed by atoms with Crippen molar-refractivity contribution in [1.29, 1.82) is 0 Å². The zero-order valence-electron chi connectivity index (χ0n) is 9.67. The SMILES string of the molecule is O=C1CCc2c(cccc2OCCCCBr)N1. The van der Waals surface area contributed by atoms with Crippen molar-refractivity contribution in [2.75, 3.05) is 17.3 Å². The number of hydrogen-bond donors (Lipinski definition) is 1. The van der Waals surface area contributed by atoms with Gasteiger partial charge in [-0.05, 0) is 31.4 Å². The highest BCUT2D eigenvalue weighted by molar-refractivity contribution is 9.09. The average molecular weight is 298 g/mol. The van der Waals surface area contributed by atoms with Crippen molar-refractivity contribution in [2.24, 2.45) is 0 Å². The molecule has 0 spiro atoms. The van der Waals surface area contributed by atoms with Gasteiger partial charge >= 0.3 is 0 Å². The molecule has 0 radical (unpaired) electrons. The van der Waals surface area contributed by atoms with Crippen LogP contribution in [-0.4, -0.2) is 17.8 Å². The third-order valence-corrected chi connectivity index (χ3v) is 3.36. The number of ether oxygens (including phenoxy) is 1. The Bertz CT molecular complexity index is 406. The van der Waals surface area contributed by atoms with Gasteiger partial charge < -0.3 is 10.1 Å². The molecule has 0 saturated heterocycles. The average Bonchev–Trinajstić information content (AvgIpc) is 2.34. The van der Waals surface area contributed by atoms with Crippen molar-refractivity contribution in [3.63, 3.8) is 0 Å². The van der Waals surface area contributed by atoms with Gasteiger partial charge in [0.15, 0.2) is 0 Å². The standard InChI is InChI=1S/C13H16BrNO2/c14-8-1-2-9-17-12-5-3-4-11-10(12)6-7-13(16)15-11/h3-5H,1-2,6-9H2,(H,15,16). The molecular formula is C13H16BrNO2. The van der Waals surface area contributed by atoms with E-state index in [2.05, 4.69) is 21.2 Å². The number of carbonyl (C=O) groups is 1. The number of benzene rings is 1. The van der Waals surface area contributed by atoms with E-state index in [-0.39, 0.29) is 5.91 Å². The second-order valence-electron chi connectivity index (χ2n) is 4.07. The minimum atomic E-state index is 0.0916. The number of hydrogen-bond acceptors (Lipinski definition) is 2. The molecule has 2 rings (SSSR count). The van der Waals surface area contributed by atoms with Gasteiger partial charge in [-0.2, -0.15) is 0 Å². The summed E-state index contributed by atoms with van der Waals surface area (Å²) in [5.74, 6) is 1.01. The van der Waals surface area contributed by atoms with Crippen LogP contribution in [0.3, 0.4) is 0 Å². The lowest BCUT2D eigenvalue weighted by Gasteiger charge is -2.19. The molecule has 1 N–H and O–H groups in total. The Morgan fingerprint density at radius 2 is 2.18 bits per heavy atom. The van der Waals surface area contributed by atoms with E-state index in [1.807, 2.05) is 18.2 Å². The Balaban J connectivity index is 2.02. The van der Waals surface area contributed by atoms with Crippen molar-refractivity contribution in [3.05, 3.63) is 23.8 Å². The number of fused-ring (bicyclic) bond motifs is 1. The molecule has 4 heteroatoms. The number of unbranched alkanes of at least 4 members (excludes halogenated alkanes) is 1. The Labute approximate surface area is 110 Å². The van der Waals surface area contributed by atoms with E-state index in [1.54, 1.807) is 0 Å². The first kappa shape index (κ1) is 12.4. The number of nitrogens with one attached hydrogen (secondary N) is 1. The molecule has 0 unspecified atom stereocenters. The lowest BCUT2D eigenvalue weighted by Crippen LogP contribution is -2.19. The van der Waals surface area contributed by atoms with Crippen LogP contribution < -0.4 is 10.1 Å². The van der Waals surface area contributed by atoms with E-state index in [0.29, 0.717) is 6.42 Å². The van der Waals surface area contributed by atoms with Crippen LogP contribution in [0.15, 0.2) is 18.2 Å². The molecule has 0 atom stereocenters. The normalized spacial score (nSPS) is 14.1. The fourth-order valence-electron chi connectivity index (χ4n) is 1.91. The fraction of sp³-hybridized carbons (Fsp3) is 0.462. The van der Waals surface area contributed by atoms with Crippen molar-refractivity contribution in [1.82, 2.24) is 0 Å². The van der Waals surface area contributed by atoms with Crippen LogP contribution in [0.25, 0.3) is 0 Å². The fourth-order valence-corrected chi connectivity index (χ4v) is 2.30. The zero-order valence-corrected chi connectivity index (χ0v) is 11.3. The third-order valence-electron chi connectivity index (χ3n) is 2.79. The summed E-state index contributed by atoms with van der Waals surface area (Å²) < 4.78 is 5.77. The topological polar surface area (TPSA) is 38.3 Å². The molecule has 1 heterocycles. The minimum Gasteiger partial charge on any atom is -0.493 e. The van der Waals surface area contributed by atoms with Crippen molar-refractivity contribution in [2.45, 2.75) is 25.7 Å². The van der Waals surface area contributed by atoms with Gasteiger partial charge in [0.1, 0.15) is 5.75 Å². The Hall–Kier alpha value is -1.03. The third kappa shape index (κ3) is 3.22. The van der Waals surface area contributed by atoms with Gasteiger partial charge in [-0.25, -0.2) is 0 Å². The van der Waals surface area contributed by atoms with E-state index >= 15 is 0 Å². The molecule has 0 fully saturated rings. The van der Waals surface area contributed by atoms with Crippen molar-refractivity contribution < 1.29 is 9.53 Å². The van der Waals surface area contributed by atoms with E-state index in [1.165, 1.54) is 0 Å². The molecular weight excluding hydrogens is 282 g/mol. The van der Waals surface area contributed by atoms with E-state index < -0.39 is 0 Å². The molecule has 1 aromatic carbocycles. The first-order valence-corrected chi connectivity index (χ1v) is 7.04. The second kappa shape index (κ2) is 6.05. The number of halogens is 1. The van der Waals surface area contributed by atoms with Crippen LogP contribution in [-0.2, 0) is 11.2 Å². The van der Waals surface area contributed by atoms with E-state index in [9.17, 15) is 4.79 Å². The summed E-state index contributed by atoms with van der Waals surface area (Å²) in [6.45, 7) is 0.732. The van der Waals surface area contributed by atoms with Crippen LogP contribution in [0.4, 0.5) is 5.69 Å². The predicted molar refractivity (Wildman–Crippen MR) is 71.9 cm³/mol. The van der Waals surface area contributed by atoms with Crippen molar-refractivity contribution >= 4 is 27.5 Å². The van der Waals surface area contributed by atoms with E-state index in [4.69, 9.17) is 4.74 Å². The number of carbonyl (C=O) groups excluding carboxylic acids is 1. The predicted octanol–water partition coefficient (Wildman–Crippen LogP) is 3.13. The molecule has 1 aromatic rings. The molecule has 17 heavy (non-hydrogen) atoms. The smallest absolute Gasteiger partial charge is 0.224 e. The highest BCUT2D eigenvalue weighted by Gasteiger charge is 2.17. The molecule has 1 aliphatic heterocycles. The largest absolute Gasteiger partial charge is 0.493 e. The maximum atomic E-state index is 11.3. The summed E-state index contributed by atoms with van der Waals surface area (Å²) >= 11 is 3.40. The monoisotopic (exact) mass is 297 g/mol. The van der Waals surface area contributed by atoms with Crippen LogP contribution in [0.2, 0.25) is 0 Å². The molecule has 0 aliphatic carbocycles. The van der Waals surface area contributed by atoms with Gasteiger partial charge in [-0.15, -0.1) is 0 Å². The number of amides is 1. The van der Waals surface area contributed by atoms with Crippen LogP contribution in [0.5, 0.6) is 5.75 Å². The quantitative estimate of drug-likeness (QED) is 0.670.